The molecule has 0 saturated heterocycles. The Labute approximate surface area is 332 Å². The van der Waals surface area contributed by atoms with Gasteiger partial charge >= 0.3 is 0 Å². The van der Waals surface area contributed by atoms with E-state index in [0.29, 0.717) is 0 Å². The molecule has 6 aromatic carbocycles. The van der Waals surface area contributed by atoms with E-state index in [1.54, 1.807) is 0 Å². The molecule has 0 aliphatic heterocycles. The molecule has 2 aromatic heterocycles. The Morgan fingerprint density at radius 1 is 0.648 bits per heavy atom. The Hall–Kier alpha value is -5.22. The maximum atomic E-state index is 11.5. The zero-order valence-electron chi connectivity index (χ0n) is 32.2. The summed E-state index contributed by atoms with van der Waals surface area (Å²) in [5, 5.41) is 20.6. The van der Waals surface area contributed by atoms with Crippen LogP contribution in [0.4, 0.5) is 0 Å². The summed E-state index contributed by atoms with van der Waals surface area (Å²) in [4.78, 5) is 20.6. The smallest absolute Gasteiger partial charge is 0.164 e. The van der Waals surface area contributed by atoms with Crippen molar-refractivity contribution < 1.29 is 30.0 Å². The molecule has 54 heavy (non-hydrogen) atoms. The third-order valence-electron chi connectivity index (χ3n) is 9.25. The van der Waals surface area contributed by atoms with Crippen molar-refractivity contribution in [3.05, 3.63) is 157 Å². The first-order valence-corrected chi connectivity index (χ1v) is 18.0. The standard InChI is InChI=1S/C25H18N.C13H8N.C11H20O2.Ir/c1-16-13-17(2)15-19(14-16)25-24-10-9-21-20-6-4-3-5-18(20)7-8-22(21)23(24)11-12-26-25;1-2-6-12-10(4-1)7-8-11-5-3-9-14-13(11)12;1-10(2,3)8(12)7-9(13)11(4,5)6;/h3-14H,1-2H3;1-5,7-9H;7,12H,1-6H3;/q2*-1;;/b;;8-7-;. The van der Waals surface area contributed by atoms with Crippen molar-refractivity contribution in [2.45, 2.75) is 55.4 Å². The van der Waals surface area contributed by atoms with E-state index in [-0.39, 0.29) is 37.1 Å². The van der Waals surface area contributed by atoms with Gasteiger partial charge < -0.3 is 15.1 Å². The van der Waals surface area contributed by atoms with Gasteiger partial charge in [-0.15, -0.1) is 69.9 Å². The van der Waals surface area contributed by atoms with E-state index in [1.165, 1.54) is 54.7 Å². The van der Waals surface area contributed by atoms with Gasteiger partial charge in [0.15, 0.2) is 5.78 Å². The SMILES string of the molecule is CC(C)(C)C(=O)/C=C(\O)C(C)(C)C.Cc1[c-]c(-c2nccc3c2ccc2c4ccccc4ccc32)cc(C)c1.[Ir].[c-]1cccc2ccc3cccnc3c12. The van der Waals surface area contributed by atoms with Gasteiger partial charge in [0.25, 0.3) is 0 Å². The minimum absolute atomic E-state index is 0. The van der Waals surface area contributed by atoms with Gasteiger partial charge in [-0.1, -0.05) is 122 Å². The molecule has 0 aliphatic rings. The van der Waals surface area contributed by atoms with Crippen molar-refractivity contribution in [1.29, 1.82) is 0 Å². The largest absolute Gasteiger partial charge is 0.512 e. The number of carbonyl (C=O) groups excluding carboxylic acids is 1. The maximum Gasteiger partial charge on any atom is 0.164 e. The fourth-order valence-corrected chi connectivity index (χ4v) is 6.28. The second kappa shape index (κ2) is 16.4. The van der Waals surface area contributed by atoms with Gasteiger partial charge in [0.2, 0.25) is 0 Å². The first-order valence-electron chi connectivity index (χ1n) is 18.0. The van der Waals surface area contributed by atoms with Gasteiger partial charge in [-0.2, -0.15) is 0 Å². The van der Waals surface area contributed by atoms with Gasteiger partial charge in [-0.25, -0.2) is 0 Å². The average Bonchev–Trinajstić information content (AvgIpc) is 3.13. The second-order valence-corrected chi connectivity index (χ2v) is 15.6. The minimum atomic E-state index is -0.417. The summed E-state index contributed by atoms with van der Waals surface area (Å²) in [6, 6.07) is 44.8. The van der Waals surface area contributed by atoms with E-state index >= 15 is 0 Å². The third kappa shape index (κ3) is 8.93. The number of aryl methyl sites for hydroxylation is 2. The van der Waals surface area contributed by atoms with Crippen molar-refractivity contribution in [3.8, 4) is 11.3 Å². The van der Waals surface area contributed by atoms with E-state index in [2.05, 4.69) is 122 Å². The molecule has 5 heteroatoms. The van der Waals surface area contributed by atoms with Crippen molar-refractivity contribution in [3.63, 3.8) is 0 Å². The number of hydrogen-bond donors (Lipinski definition) is 1. The minimum Gasteiger partial charge on any atom is -0.512 e. The normalized spacial score (nSPS) is 11.8. The number of carbonyl (C=O) groups is 1. The van der Waals surface area contributed by atoms with Crippen LogP contribution in [0.2, 0.25) is 0 Å². The van der Waals surface area contributed by atoms with Gasteiger partial charge in [-0.3, -0.25) is 4.79 Å². The van der Waals surface area contributed by atoms with Gasteiger partial charge in [-0.05, 0) is 61.0 Å². The molecule has 0 atom stereocenters. The molecule has 275 valence electrons. The fraction of sp³-hybridized carbons (Fsp3) is 0.204. The van der Waals surface area contributed by atoms with Crippen LogP contribution in [0.5, 0.6) is 0 Å². The predicted octanol–water partition coefficient (Wildman–Crippen LogP) is 12.9. The fourth-order valence-electron chi connectivity index (χ4n) is 6.28. The molecule has 0 saturated carbocycles. The molecule has 8 aromatic rings. The molecule has 0 spiro atoms. The first kappa shape index (κ1) is 40.0. The summed E-state index contributed by atoms with van der Waals surface area (Å²) < 4.78 is 0. The van der Waals surface area contributed by atoms with E-state index in [0.717, 1.165) is 27.7 Å². The van der Waals surface area contributed by atoms with Crippen LogP contribution in [0.1, 0.15) is 52.7 Å². The quantitative estimate of drug-likeness (QED) is 0.0813. The Balaban J connectivity index is 0.000000171. The monoisotopic (exact) mass is 887 g/mol. The maximum absolute atomic E-state index is 11.5. The summed E-state index contributed by atoms with van der Waals surface area (Å²) in [6.07, 6.45) is 5.07. The molecule has 1 radical (unpaired) electrons. The number of aliphatic hydroxyl groups excluding tert-OH is 1. The Morgan fingerprint density at radius 3 is 2.02 bits per heavy atom. The summed E-state index contributed by atoms with van der Waals surface area (Å²) >= 11 is 0. The van der Waals surface area contributed by atoms with E-state index in [4.69, 9.17) is 4.98 Å². The van der Waals surface area contributed by atoms with Crippen molar-refractivity contribution in [1.82, 2.24) is 9.97 Å². The number of hydrogen-bond acceptors (Lipinski definition) is 4. The summed E-state index contributed by atoms with van der Waals surface area (Å²) in [5.74, 6) is 0.104. The van der Waals surface area contributed by atoms with Crippen LogP contribution in [0.25, 0.3) is 65.3 Å². The van der Waals surface area contributed by atoms with Crippen molar-refractivity contribution in [2.24, 2.45) is 10.8 Å². The van der Waals surface area contributed by atoms with Crippen LogP contribution >= 0.6 is 0 Å². The zero-order chi connectivity index (χ0) is 37.9. The number of aromatic nitrogens is 2. The Kier molecular flexibility index (Phi) is 12.2. The molecular weight excluding hydrogens is 841 g/mol. The van der Waals surface area contributed by atoms with E-state index < -0.39 is 5.41 Å². The molecule has 1 N–H and O–H groups in total. The van der Waals surface area contributed by atoms with Crippen LogP contribution < -0.4 is 0 Å². The topological polar surface area (TPSA) is 63.1 Å². The number of benzene rings is 6. The molecule has 0 bridgehead atoms. The number of pyridine rings is 2. The van der Waals surface area contributed by atoms with Crippen LogP contribution in [0.3, 0.4) is 0 Å². The van der Waals surface area contributed by atoms with Crippen LogP contribution in [-0.2, 0) is 24.9 Å². The molecular formula is C49H46IrN2O2-2. The predicted molar refractivity (Wildman–Crippen MR) is 223 cm³/mol. The number of aliphatic hydroxyl groups is 1. The number of rotatable bonds is 2. The van der Waals surface area contributed by atoms with Gasteiger partial charge in [0.05, 0.1) is 0 Å². The van der Waals surface area contributed by atoms with Crippen LogP contribution in [0.15, 0.2) is 133 Å². The molecule has 8 rings (SSSR count). The summed E-state index contributed by atoms with van der Waals surface area (Å²) in [6.45, 7) is 15.3. The van der Waals surface area contributed by atoms with Crippen molar-refractivity contribution in [2.75, 3.05) is 0 Å². The molecule has 4 nitrogen and oxygen atoms in total. The Morgan fingerprint density at radius 2 is 1.28 bits per heavy atom. The molecule has 2 heterocycles. The second-order valence-electron chi connectivity index (χ2n) is 15.6. The number of nitrogens with zero attached hydrogens (tertiary/aromatic N) is 2. The van der Waals surface area contributed by atoms with E-state index in [9.17, 15) is 9.90 Å². The number of allylic oxidation sites excluding steroid dienone is 2. The van der Waals surface area contributed by atoms with Crippen LogP contribution in [-0.4, -0.2) is 20.9 Å². The average molecular weight is 887 g/mol. The molecule has 0 aliphatic carbocycles. The number of ketones is 1. The van der Waals surface area contributed by atoms with Gasteiger partial charge in [0.1, 0.15) is 5.76 Å². The molecule has 0 unspecified atom stereocenters. The zero-order valence-corrected chi connectivity index (χ0v) is 34.6. The van der Waals surface area contributed by atoms with Crippen LogP contribution in [0, 0.1) is 36.8 Å². The Bertz CT molecular complexity index is 2570. The van der Waals surface area contributed by atoms with Gasteiger partial charge in [0, 0.05) is 49.4 Å². The van der Waals surface area contributed by atoms with E-state index in [1.807, 2.05) is 72.1 Å². The summed E-state index contributed by atoms with van der Waals surface area (Å²) in [5.41, 5.74) is 4.72. The first-order chi connectivity index (χ1) is 25.2. The van der Waals surface area contributed by atoms with Crippen molar-refractivity contribution >= 4 is 59.8 Å². The molecule has 0 fully saturated rings. The summed E-state index contributed by atoms with van der Waals surface area (Å²) in [7, 11) is 0. The molecule has 0 amide bonds. The third-order valence-corrected chi connectivity index (χ3v) is 9.25. The number of fused-ring (bicyclic) bond motifs is 8.